The fourth-order valence-corrected chi connectivity index (χ4v) is 3.42. The number of benzene rings is 3. The second kappa shape index (κ2) is 8.93. The summed E-state index contributed by atoms with van der Waals surface area (Å²) >= 11 is 1.12. The zero-order chi connectivity index (χ0) is 20.9. The molecule has 152 valence electrons. The molecule has 30 heavy (non-hydrogen) atoms. The number of hydrogen-bond acceptors (Lipinski definition) is 6. The molecule has 0 aliphatic rings. The molecule has 0 spiro atoms. The van der Waals surface area contributed by atoms with Crippen LogP contribution in [0.2, 0.25) is 0 Å². The highest BCUT2D eigenvalue weighted by atomic mass is 32.2. The predicted octanol–water partition coefficient (Wildman–Crippen LogP) is 4.05. The molecule has 4 rings (SSSR count). The lowest BCUT2D eigenvalue weighted by molar-refractivity contribution is 0.219. The van der Waals surface area contributed by atoms with E-state index in [9.17, 15) is 9.59 Å². The lowest BCUT2D eigenvalue weighted by Gasteiger charge is -2.19. The maximum Gasteiger partial charge on any atom is 0.380 e. The highest BCUT2D eigenvalue weighted by Gasteiger charge is 2.25. The van der Waals surface area contributed by atoms with Crippen molar-refractivity contribution in [1.29, 1.82) is 0 Å². The number of anilines is 1. The van der Waals surface area contributed by atoms with Gasteiger partial charge in [-0.25, -0.2) is 9.59 Å². The number of para-hydroxylation sites is 1. The predicted molar refractivity (Wildman–Crippen MR) is 117 cm³/mol. The standard InChI is InChI=1S/C21H19N5O3S/c1-2-15-30-29-26(17-11-4-3-5-12-17)21(28)25-20(27)24(22-23-25)19-14-8-10-16-9-6-7-13-18(16)19/h3-14H,2,15H2,1H3. The van der Waals surface area contributed by atoms with E-state index in [0.29, 0.717) is 21.8 Å². The van der Waals surface area contributed by atoms with Gasteiger partial charge in [0.05, 0.1) is 11.4 Å². The van der Waals surface area contributed by atoms with Crippen LogP contribution in [0.1, 0.15) is 13.3 Å². The number of carbonyl (C=O) groups excluding carboxylic acids is 1. The Bertz CT molecular complexity index is 1220. The van der Waals surface area contributed by atoms with Gasteiger partial charge in [0.2, 0.25) is 0 Å². The first-order valence-electron chi connectivity index (χ1n) is 9.43. The number of hydrogen-bond donors (Lipinski definition) is 0. The minimum atomic E-state index is -0.749. The van der Waals surface area contributed by atoms with Crippen LogP contribution in [-0.4, -0.2) is 31.6 Å². The summed E-state index contributed by atoms with van der Waals surface area (Å²) in [6, 6.07) is 21.2. The van der Waals surface area contributed by atoms with Crippen molar-refractivity contribution in [2.45, 2.75) is 13.3 Å². The molecule has 0 bridgehead atoms. The third-order valence-corrected chi connectivity index (χ3v) is 5.17. The van der Waals surface area contributed by atoms with Gasteiger partial charge in [-0.05, 0) is 40.4 Å². The van der Waals surface area contributed by atoms with Crippen LogP contribution in [0.4, 0.5) is 10.5 Å². The van der Waals surface area contributed by atoms with Crippen molar-refractivity contribution < 1.29 is 9.08 Å². The molecule has 0 N–H and O–H groups in total. The van der Waals surface area contributed by atoms with E-state index < -0.39 is 11.7 Å². The van der Waals surface area contributed by atoms with E-state index in [2.05, 4.69) is 10.4 Å². The Hall–Kier alpha value is -3.43. The molecule has 0 atom stereocenters. The maximum absolute atomic E-state index is 13.1. The lowest BCUT2D eigenvalue weighted by Crippen LogP contribution is -2.40. The molecule has 0 unspecified atom stereocenters. The molecule has 0 saturated heterocycles. The fourth-order valence-electron chi connectivity index (χ4n) is 2.92. The van der Waals surface area contributed by atoms with Gasteiger partial charge in [0.1, 0.15) is 0 Å². The highest BCUT2D eigenvalue weighted by molar-refractivity contribution is 7.94. The van der Waals surface area contributed by atoms with E-state index >= 15 is 0 Å². The van der Waals surface area contributed by atoms with Crippen molar-refractivity contribution in [3.8, 4) is 5.69 Å². The second-order valence-corrected chi connectivity index (χ2v) is 7.19. The van der Waals surface area contributed by atoms with Gasteiger partial charge in [-0.15, -0.1) is 4.68 Å². The molecular weight excluding hydrogens is 402 g/mol. The number of fused-ring (bicyclic) bond motifs is 1. The summed E-state index contributed by atoms with van der Waals surface area (Å²) in [6.07, 6.45) is 0.874. The summed E-state index contributed by atoms with van der Waals surface area (Å²) in [4.78, 5) is 26.1. The molecule has 0 fully saturated rings. The number of aromatic nitrogens is 4. The first-order chi connectivity index (χ1) is 14.7. The van der Waals surface area contributed by atoms with Crippen molar-refractivity contribution in [2.24, 2.45) is 0 Å². The molecule has 1 amide bonds. The number of hydroxylamine groups is 1. The minimum Gasteiger partial charge on any atom is -0.243 e. The summed E-state index contributed by atoms with van der Waals surface area (Å²) in [5.41, 5.74) is 0.351. The third-order valence-electron chi connectivity index (χ3n) is 4.34. The minimum absolute atomic E-state index is 0.484. The first-order valence-corrected chi connectivity index (χ1v) is 10.3. The van der Waals surface area contributed by atoms with Crippen LogP contribution in [0.5, 0.6) is 0 Å². The van der Waals surface area contributed by atoms with Crippen LogP contribution >= 0.6 is 12.0 Å². The number of tetrazole rings is 1. The Morgan fingerprint density at radius 1 is 1.00 bits per heavy atom. The van der Waals surface area contributed by atoms with Gasteiger partial charge in [0, 0.05) is 23.2 Å². The van der Waals surface area contributed by atoms with Gasteiger partial charge in [0.25, 0.3) is 0 Å². The average molecular weight is 421 g/mol. The van der Waals surface area contributed by atoms with E-state index in [4.69, 9.17) is 4.28 Å². The largest absolute Gasteiger partial charge is 0.380 e. The molecule has 0 saturated carbocycles. The SMILES string of the molecule is CCCSON(C(=O)n1nnn(-c2cccc3ccccc23)c1=O)c1ccccc1. The molecule has 0 radical (unpaired) electrons. The van der Waals surface area contributed by atoms with Crippen molar-refractivity contribution in [3.63, 3.8) is 0 Å². The van der Waals surface area contributed by atoms with E-state index in [1.165, 1.54) is 0 Å². The highest BCUT2D eigenvalue weighted by Crippen LogP contribution is 2.21. The summed E-state index contributed by atoms with van der Waals surface area (Å²) in [6.45, 7) is 2.01. The Labute approximate surface area is 176 Å². The van der Waals surface area contributed by atoms with Crippen LogP contribution in [0, 0.1) is 0 Å². The number of carbonyl (C=O) groups is 1. The zero-order valence-corrected chi connectivity index (χ0v) is 17.0. The van der Waals surface area contributed by atoms with Crippen LogP contribution in [0.3, 0.4) is 0 Å². The molecule has 1 aromatic heterocycles. The van der Waals surface area contributed by atoms with Crippen LogP contribution in [0.25, 0.3) is 16.5 Å². The second-order valence-electron chi connectivity index (χ2n) is 6.39. The van der Waals surface area contributed by atoms with Crippen molar-refractivity contribution in [1.82, 2.24) is 19.8 Å². The maximum atomic E-state index is 13.1. The summed E-state index contributed by atoms with van der Waals surface area (Å²) in [7, 11) is 0. The Balaban J connectivity index is 1.72. The molecular formula is C21H19N5O3S. The smallest absolute Gasteiger partial charge is 0.243 e. The van der Waals surface area contributed by atoms with E-state index in [1.54, 1.807) is 30.3 Å². The van der Waals surface area contributed by atoms with Gasteiger partial charge in [-0.3, -0.25) is 0 Å². The first kappa shape index (κ1) is 19.9. The number of amides is 1. The Morgan fingerprint density at radius 2 is 1.73 bits per heavy atom. The Kier molecular flexibility index (Phi) is 5.92. The molecule has 0 aliphatic carbocycles. The van der Waals surface area contributed by atoms with E-state index in [1.807, 2.05) is 49.4 Å². The van der Waals surface area contributed by atoms with E-state index in [-0.39, 0.29) is 0 Å². The average Bonchev–Trinajstić information content (AvgIpc) is 3.17. The van der Waals surface area contributed by atoms with Gasteiger partial charge in [-0.1, -0.05) is 61.5 Å². The lowest BCUT2D eigenvalue weighted by atomic mass is 10.1. The summed E-state index contributed by atoms with van der Waals surface area (Å²) < 4.78 is 7.40. The Morgan fingerprint density at radius 3 is 2.53 bits per heavy atom. The molecule has 1 heterocycles. The van der Waals surface area contributed by atoms with Crippen molar-refractivity contribution in [3.05, 3.63) is 83.3 Å². The fraction of sp³-hybridized carbons (Fsp3) is 0.143. The quantitative estimate of drug-likeness (QED) is 0.202. The van der Waals surface area contributed by atoms with Gasteiger partial charge in [-0.2, -0.15) is 14.0 Å². The summed E-state index contributed by atoms with van der Waals surface area (Å²) in [5, 5.41) is 10.6. The molecule has 0 aliphatic heterocycles. The van der Waals surface area contributed by atoms with Crippen molar-refractivity contribution in [2.75, 3.05) is 10.8 Å². The monoisotopic (exact) mass is 421 g/mol. The van der Waals surface area contributed by atoms with Gasteiger partial charge in [0.15, 0.2) is 0 Å². The molecule has 3 aromatic carbocycles. The van der Waals surface area contributed by atoms with Gasteiger partial charge >= 0.3 is 11.7 Å². The number of rotatable bonds is 6. The normalized spacial score (nSPS) is 11.0. The molecule has 4 aromatic rings. The number of nitrogens with zero attached hydrogens (tertiary/aromatic N) is 5. The van der Waals surface area contributed by atoms with Crippen molar-refractivity contribution >= 4 is 34.5 Å². The van der Waals surface area contributed by atoms with Crippen LogP contribution < -0.4 is 10.8 Å². The van der Waals surface area contributed by atoms with Gasteiger partial charge < -0.3 is 0 Å². The summed E-state index contributed by atoms with van der Waals surface area (Å²) in [5.74, 6) is 0.689. The molecule has 9 heteroatoms. The van der Waals surface area contributed by atoms with E-state index in [0.717, 1.165) is 39.0 Å². The topological polar surface area (TPSA) is 82.2 Å². The third kappa shape index (κ3) is 3.85. The molecule has 8 nitrogen and oxygen atoms in total. The van der Waals surface area contributed by atoms with Crippen LogP contribution in [-0.2, 0) is 4.28 Å². The zero-order valence-electron chi connectivity index (χ0n) is 16.2. The van der Waals surface area contributed by atoms with Crippen LogP contribution in [0.15, 0.2) is 77.6 Å².